The van der Waals surface area contributed by atoms with E-state index in [-0.39, 0.29) is 11.8 Å². The third kappa shape index (κ3) is 4.12. The number of nitrogens with one attached hydrogen (secondary N) is 1. The van der Waals surface area contributed by atoms with Gasteiger partial charge in [-0.05, 0) is 31.1 Å². The molecule has 3 heteroatoms. The van der Waals surface area contributed by atoms with Crippen molar-refractivity contribution in [2.24, 2.45) is 23.5 Å². The molecule has 0 aromatic carbocycles. The van der Waals surface area contributed by atoms with Gasteiger partial charge in [-0.1, -0.05) is 27.2 Å². The molecular formula is C13H26N2O. The minimum atomic E-state index is 0.116. The molecule has 0 spiro atoms. The van der Waals surface area contributed by atoms with Crippen LogP contribution in [0, 0.1) is 17.8 Å². The van der Waals surface area contributed by atoms with E-state index in [1.807, 2.05) is 6.92 Å². The molecule has 0 aromatic heterocycles. The van der Waals surface area contributed by atoms with Crippen LogP contribution in [-0.4, -0.2) is 18.5 Å². The van der Waals surface area contributed by atoms with Crippen LogP contribution in [-0.2, 0) is 4.79 Å². The van der Waals surface area contributed by atoms with Crippen molar-refractivity contribution in [1.29, 1.82) is 0 Å². The van der Waals surface area contributed by atoms with E-state index < -0.39 is 0 Å². The van der Waals surface area contributed by atoms with Crippen LogP contribution in [0.2, 0.25) is 0 Å². The highest BCUT2D eigenvalue weighted by atomic mass is 16.1. The van der Waals surface area contributed by atoms with Crippen LogP contribution >= 0.6 is 0 Å². The number of hydrogen-bond acceptors (Lipinski definition) is 2. The molecule has 0 bridgehead atoms. The van der Waals surface area contributed by atoms with Gasteiger partial charge < -0.3 is 11.1 Å². The molecule has 0 aliphatic heterocycles. The molecule has 16 heavy (non-hydrogen) atoms. The van der Waals surface area contributed by atoms with Gasteiger partial charge in [0, 0.05) is 18.5 Å². The fraction of sp³-hybridized carbons (Fsp3) is 0.923. The largest absolute Gasteiger partial charge is 0.356 e. The average molecular weight is 226 g/mol. The van der Waals surface area contributed by atoms with E-state index in [0.29, 0.717) is 17.9 Å². The van der Waals surface area contributed by atoms with Crippen LogP contribution in [0.1, 0.15) is 46.5 Å². The van der Waals surface area contributed by atoms with Crippen LogP contribution in [0.5, 0.6) is 0 Å². The average Bonchev–Trinajstić information content (AvgIpc) is 2.24. The lowest BCUT2D eigenvalue weighted by Crippen LogP contribution is -2.39. The summed E-state index contributed by atoms with van der Waals surface area (Å²) in [6.45, 7) is 7.04. The zero-order valence-electron chi connectivity index (χ0n) is 10.8. The zero-order valence-corrected chi connectivity index (χ0v) is 10.8. The number of hydrogen-bond donors (Lipinski definition) is 2. The Hall–Kier alpha value is -0.570. The Labute approximate surface area is 99.2 Å². The van der Waals surface area contributed by atoms with Gasteiger partial charge in [-0.2, -0.15) is 0 Å². The van der Waals surface area contributed by atoms with E-state index in [0.717, 1.165) is 25.8 Å². The van der Waals surface area contributed by atoms with Crippen molar-refractivity contribution in [2.75, 3.05) is 6.54 Å². The number of carbonyl (C=O) groups excluding carboxylic acids is 1. The molecule has 1 rings (SSSR count). The molecule has 0 saturated heterocycles. The smallest absolute Gasteiger partial charge is 0.223 e. The lowest BCUT2D eigenvalue weighted by atomic mass is 9.78. The van der Waals surface area contributed by atoms with Gasteiger partial charge in [0.25, 0.3) is 0 Å². The Kier molecular flexibility index (Phi) is 5.26. The van der Waals surface area contributed by atoms with Gasteiger partial charge in [0.15, 0.2) is 0 Å². The Morgan fingerprint density at radius 3 is 2.62 bits per heavy atom. The highest BCUT2D eigenvalue weighted by molar-refractivity contribution is 5.78. The van der Waals surface area contributed by atoms with Crippen LogP contribution < -0.4 is 11.1 Å². The molecule has 3 N–H and O–H groups in total. The number of nitrogens with two attached hydrogens (primary N) is 1. The van der Waals surface area contributed by atoms with Crippen molar-refractivity contribution in [3.63, 3.8) is 0 Å². The first kappa shape index (κ1) is 13.5. The Morgan fingerprint density at radius 2 is 2.06 bits per heavy atom. The second-order valence-electron chi connectivity index (χ2n) is 5.61. The zero-order chi connectivity index (χ0) is 12.1. The van der Waals surface area contributed by atoms with Gasteiger partial charge in [0.2, 0.25) is 5.91 Å². The number of amides is 1. The maximum Gasteiger partial charge on any atom is 0.223 e. The third-order valence-electron chi connectivity index (χ3n) is 3.56. The van der Waals surface area contributed by atoms with Crippen LogP contribution in [0.4, 0.5) is 0 Å². The molecule has 94 valence electrons. The molecule has 3 atom stereocenters. The maximum absolute atomic E-state index is 11.9. The Bertz CT molecular complexity index is 228. The second kappa shape index (κ2) is 6.24. The molecule has 1 amide bonds. The van der Waals surface area contributed by atoms with Crippen molar-refractivity contribution < 1.29 is 4.79 Å². The van der Waals surface area contributed by atoms with E-state index in [4.69, 9.17) is 5.73 Å². The molecule has 0 heterocycles. The quantitative estimate of drug-likeness (QED) is 0.769. The van der Waals surface area contributed by atoms with Gasteiger partial charge in [0.05, 0.1) is 0 Å². The maximum atomic E-state index is 11.9. The summed E-state index contributed by atoms with van der Waals surface area (Å²) >= 11 is 0. The topological polar surface area (TPSA) is 55.1 Å². The van der Waals surface area contributed by atoms with E-state index in [1.54, 1.807) is 0 Å². The highest BCUT2D eigenvalue weighted by Gasteiger charge is 2.28. The van der Waals surface area contributed by atoms with Crippen LogP contribution in [0.25, 0.3) is 0 Å². The van der Waals surface area contributed by atoms with Crippen molar-refractivity contribution >= 4 is 5.91 Å². The first-order valence-corrected chi connectivity index (χ1v) is 6.54. The number of carbonyl (C=O) groups is 1. The normalized spacial score (nSPS) is 27.8. The van der Waals surface area contributed by atoms with Crippen LogP contribution in [0.15, 0.2) is 0 Å². The standard InChI is InChI=1S/C13H26N2O/c1-9(2)8-15-13(16)10(3)11-5-4-6-12(14)7-11/h9-12H,4-8,14H2,1-3H3,(H,15,16). The molecule has 1 aliphatic carbocycles. The van der Waals surface area contributed by atoms with Crippen molar-refractivity contribution in [1.82, 2.24) is 5.32 Å². The van der Waals surface area contributed by atoms with E-state index in [1.165, 1.54) is 6.42 Å². The Balaban J connectivity index is 2.37. The molecule has 1 fully saturated rings. The highest BCUT2D eigenvalue weighted by Crippen LogP contribution is 2.29. The fourth-order valence-corrected chi connectivity index (χ4v) is 2.40. The predicted octanol–water partition coefficient (Wildman–Crippen LogP) is 1.91. The van der Waals surface area contributed by atoms with Gasteiger partial charge in [-0.25, -0.2) is 0 Å². The summed E-state index contributed by atoms with van der Waals surface area (Å²) in [7, 11) is 0. The molecule has 0 aromatic rings. The first-order chi connectivity index (χ1) is 7.50. The minimum absolute atomic E-state index is 0.116. The van der Waals surface area contributed by atoms with E-state index in [2.05, 4.69) is 19.2 Å². The SMILES string of the molecule is CC(C)CNC(=O)C(C)C1CCCC(N)C1. The van der Waals surface area contributed by atoms with Gasteiger partial charge in [-0.3, -0.25) is 4.79 Å². The summed E-state index contributed by atoms with van der Waals surface area (Å²) in [6, 6.07) is 0.305. The van der Waals surface area contributed by atoms with E-state index >= 15 is 0 Å². The van der Waals surface area contributed by atoms with Gasteiger partial charge >= 0.3 is 0 Å². The first-order valence-electron chi connectivity index (χ1n) is 6.54. The summed E-state index contributed by atoms with van der Waals surface area (Å²) in [4.78, 5) is 11.9. The minimum Gasteiger partial charge on any atom is -0.356 e. The monoisotopic (exact) mass is 226 g/mol. The summed E-state index contributed by atoms with van der Waals surface area (Å²) in [5.74, 6) is 1.32. The molecular weight excluding hydrogens is 200 g/mol. The molecule has 3 nitrogen and oxygen atoms in total. The molecule has 0 radical (unpaired) electrons. The molecule has 3 unspecified atom stereocenters. The second-order valence-corrected chi connectivity index (χ2v) is 5.61. The predicted molar refractivity (Wildman–Crippen MR) is 66.9 cm³/mol. The lowest BCUT2D eigenvalue weighted by Gasteiger charge is -2.30. The summed E-state index contributed by atoms with van der Waals surface area (Å²) in [5.41, 5.74) is 5.95. The Morgan fingerprint density at radius 1 is 1.38 bits per heavy atom. The molecule has 1 saturated carbocycles. The van der Waals surface area contributed by atoms with Gasteiger partial charge in [0.1, 0.15) is 0 Å². The number of rotatable bonds is 4. The van der Waals surface area contributed by atoms with Crippen molar-refractivity contribution in [3.8, 4) is 0 Å². The molecule has 1 aliphatic rings. The van der Waals surface area contributed by atoms with Crippen LogP contribution in [0.3, 0.4) is 0 Å². The lowest BCUT2D eigenvalue weighted by molar-refractivity contribution is -0.126. The van der Waals surface area contributed by atoms with Gasteiger partial charge in [-0.15, -0.1) is 0 Å². The summed E-state index contributed by atoms with van der Waals surface area (Å²) in [6.07, 6.45) is 4.46. The summed E-state index contributed by atoms with van der Waals surface area (Å²) < 4.78 is 0. The fourth-order valence-electron chi connectivity index (χ4n) is 2.40. The third-order valence-corrected chi connectivity index (χ3v) is 3.56. The summed E-state index contributed by atoms with van der Waals surface area (Å²) in [5, 5.41) is 3.01. The van der Waals surface area contributed by atoms with Crippen molar-refractivity contribution in [2.45, 2.75) is 52.5 Å². The van der Waals surface area contributed by atoms with Crippen molar-refractivity contribution in [3.05, 3.63) is 0 Å². The van der Waals surface area contributed by atoms with E-state index in [9.17, 15) is 4.79 Å².